The van der Waals surface area contributed by atoms with Gasteiger partial charge in [0.05, 0.1) is 5.52 Å². The van der Waals surface area contributed by atoms with Crippen molar-refractivity contribution >= 4 is 11.2 Å². The first-order valence-corrected chi connectivity index (χ1v) is 5.74. The van der Waals surface area contributed by atoms with Crippen molar-refractivity contribution in [3.8, 4) is 0 Å². The zero-order chi connectivity index (χ0) is 11.5. The fourth-order valence-corrected chi connectivity index (χ4v) is 1.80. The summed E-state index contributed by atoms with van der Waals surface area (Å²) < 4.78 is 0. The smallest absolute Gasteiger partial charge is 0.177 e. The Morgan fingerprint density at radius 1 is 1.38 bits per heavy atom. The van der Waals surface area contributed by atoms with Crippen molar-refractivity contribution in [1.82, 2.24) is 15.0 Å². The number of H-pyrrole nitrogens is 1. The van der Waals surface area contributed by atoms with Gasteiger partial charge in [-0.1, -0.05) is 6.92 Å². The van der Waals surface area contributed by atoms with Crippen molar-refractivity contribution < 1.29 is 0 Å². The summed E-state index contributed by atoms with van der Waals surface area (Å²) in [5.41, 5.74) is 8.34. The number of imidazole rings is 1. The van der Waals surface area contributed by atoms with Crippen LogP contribution >= 0.6 is 0 Å². The number of aryl methyl sites for hydroxylation is 1. The number of hydrogen-bond acceptors (Lipinski definition) is 3. The van der Waals surface area contributed by atoms with Crippen LogP contribution in [0.1, 0.15) is 37.2 Å². The van der Waals surface area contributed by atoms with Gasteiger partial charge in [0.2, 0.25) is 0 Å². The lowest BCUT2D eigenvalue weighted by molar-refractivity contribution is 0.616. The fraction of sp³-hybridized carbons (Fsp3) is 0.500. The molecule has 0 spiro atoms. The van der Waals surface area contributed by atoms with Crippen LogP contribution in [0.25, 0.3) is 11.2 Å². The molecular weight excluding hydrogens is 200 g/mol. The van der Waals surface area contributed by atoms with Crippen LogP contribution in [0.15, 0.2) is 12.1 Å². The number of aromatic amines is 1. The van der Waals surface area contributed by atoms with E-state index in [0.717, 1.165) is 42.1 Å². The summed E-state index contributed by atoms with van der Waals surface area (Å²) in [5, 5.41) is 0. The molecule has 0 bridgehead atoms. The lowest BCUT2D eigenvalue weighted by Crippen LogP contribution is -2.03. The minimum absolute atomic E-state index is 0.415. The van der Waals surface area contributed by atoms with Gasteiger partial charge in [-0.3, -0.25) is 0 Å². The van der Waals surface area contributed by atoms with Crippen LogP contribution in [-0.2, 0) is 0 Å². The second kappa shape index (κ2) is 4.61. The SMILES string of the molecule is Cc1ccc2[nH]c(C(C)CCCN)nc2n1. The average Bonchev–Trinajstić information content (AvgIpc) is 2.68. The molecule has 0 aliphatic heterocycles. The van der Waals surface area contributed by atoms with Crippen LogP contribution in [-0.4, -0.2) is 21.5 Å². The van der Waals surface area contributed by atoms with Crippen molar-refractivity contribution in [2.45, 2.75) is 32.6 Å². The number of hydrogen-bond donors (Lipinski definition) is 2. The third-order valence-electron chi connectivity index (χ3n) is 2.81. The Balaban J connectivity index is 2.25. The van der Waals surface area contributed by atoms with E-state index in [1.807, 2.05) is 19.1 Å². The van der Waals surface area contributed by atoms with Crippen LogP contribution in [0.3, 0.4) is 0 Å². The van der Waals surface area contributed by atoms with Crippen LogP contribution in [0.5, 0.6) is 0 Å². The number of pyridine rings is 1. The highest BCUT2D eigenvalue weighted by Gasteiger charge is 2.10. The molecule has 0 aliphatic rings. The summed E-state index contributed by atoms with van der Waals surface area (Å²) >= 11 is 0. The van der Waals surface area contributed by atoms with Crippen molar-refractivity contribution in [2.24, 2.45) is 5.73 Å². The molecule has 86 valence electrons. The summed E-state index contributed by atoms with van der Waals surface area (Å²) in [7, 11) is 0. The van der Waals surface area contributed by atoms with Gasteiger partial charge in [0.1, 0.15) is 5.82 Å². The topological polar surface area (TPSA) is 67.6 Å². The van der Waals surface area contributed by atoms with Crippen LogP contribution in [0.2, 0.25) is 0 Å². The van der Waals surface area contributed by atoms with Gasteiger partial charge in [0.15, 0.2) is 5.65 Å². The van der Waals surface area contributed by atoms with E-state index in [4.69, 9.17) is 5.73 Å². The largest absolute Gasteiger partial charge is 0.340 e. The highest BCUT2D eigenvalue weighted by molar-refractivity contribution is 5.70. The minimum atomic E-state index is 0.415. The molecule has 0 saturated heterocycles. The predicted molar refractivity (Wildman–Crippen MR) is 65.3 cm³/mol. The number of aromatic nitrogens is 3. The van der Waals surface area contributed by atoms with E-state index in [2.05, 4.69) is 21.9 Å². The van der Waals surface area contributed by atoms with Crippen molar-refractivity contribution in [1.29, 1.82) is 0 Å². The molecule has 0 saturated carbocycles. The van der Waals surface area contributed by atoms with Gasteiger partial charge < -0.3 is 10.7 Å². The summed E-state index contributed by atoms with van der Waals surface area (Å²) in [6, 6.07) is 4.03. The Morgan fingerprint density at radius 3 is 2.94 bits per heavy atom. The van der Waals surface area contributed by atoms with E-state index in [-0.39, 0.29) is 0 Å². The van der Waals surface area contributed by atoms with Gasteiger partial charge in [0.25, 0.3) is 0 Å². The van der Waals surface area contributed by atoms with E-state index in [0.29, 0.717) is 5.92 Å². The van der Waals surface area contributed by atoms with Crippen LogP contribution in [0, 0.1) is 6.92 Å². The van der Waals surface area contributed by atoms with Gasteiger partial charge >= 0.3 is 0 Å². The minimum Gasteiger partial charge on any atom is -0.340 e. The zero-order valence-electron chi connectivity index (χ0n) is 9.83. The molecule has 2 rings (SSSR count). The summed E-state index contributed by atoms with van der Waals surface area (Å²) in [6.07, 6.45) is 2.10. The summed E-state index contributed by atoms with van der Waals surface area (Å²) in [4.78, 5) is 12.2. The standard InChI is InChI=1S/C12H18N4/c1-8(4-3-7-13)11-15-10-6-5-9(2)14-12(10)16-11/h5-6,8H,3-4,7,13H2,1-2H3,(H,14,15,16). The van der Waals surface area contributed by atoms with E-state index < -0.39 is 0 Å². The summed E-state index contributed by atoms with van der Waals surface area (Å²) in [5.74, 6) is 1.43. The van der Waals surface area contributed by atoms with Crippen LogP contribution < -0.4 is 5.73 Å². The Bertz CT molecular complexity index is 475. The van der Waals surface area contributed by atoms with Gasteiger partial charge in [0, 0.05) is 11.6 Å². The maximum atomic E-state index is 5.51. The fourth-order valence-electron chi connectivity index (χ4n) is 1.80. The van der Waals surface area contributed by atoms with Crippen molar-refractivity contribution in [3.63, 3.8) is 0 Å². The predicted octanol–water partition coefficient (Wildman–Crippen LogP) is 2.11. The third kappa shape index (κ3) is 2.22. The molecule has 0 aliphatic carbocycles. The van der Waals surface area contributed by atoms with E-state index in [1.165, 1.54) is 0 Å². The Hall–Kier alpha value is -1.42. The monoisotopic (exact) mass is 218 g/mol. The molecule has 2 aromatic heterocycles. The quantitative estimate of drug-likeness (QED) is 0.825. The average molecular weight is 218 g/mol. The highest BCUT2D eigenvalue weighted by Crippen LogP contribution is 2.20. The Kier molecular flexibility index (Phi) is 3.19. The number of nitrogens with one attached hydrogen (secondary N) is 1. The molecule has 2 heterocycles. The molecule has 1 unspecified atom stereocenters. The van der Waals surface area contributed by atoms with Gasteiger partial charge in [-0.05, 0) is 38.4 Å². The molecule has 0 radical (unpaired) electrons. The first-order chi connectivity index (χ1) is 7.70. The van der Waals surface area contributed by atoms with Crippen molar-refractivity contribution in [3.05, 3.63) is 23.7 Å². The Labute approximate surface area is 95.3 Å². The molecule has 0 aromatic carbocycles. The van der Waals surface area contributed by atoms with E-state index in [9.17, 15) is 0 Å². The number of rotatable bonds is 4. The van der Waals surface area contributed by atoms with E-state index in [1.54, 1.807) is 0 Å². The second-order valence-corrected chi connectivity index (χ2v) is 4.28. The number of nitrogens with zero attached hydrogens (tertiary/aromatic N) is 2. The molecule has 4 heteroatoms. The molecule has 1 atom stereocenters. The van der Waals surface area contributed by atoms with E-state index >= 15 is 0 Å². The first-order valence-electron chi connectivity index (χ1n) is 5.74. The van der Waals surface area contributed by atoms with Gasteiger partial charge in [-0.2, -0.15) is 0 Å². The van der Waals surface area contributed by atoms with Gasteiger partial charge in [-0.25, -0.2) is 9.97 Å². The molecule has 3 N–H and O–H groups in total. The lowest BCUT2D eigenvalue weighted by atomic mass is 10.1. The number of nitrogens with two attached hydrogens (primary N) is 1. The summed E-state index contributed by atoms with van der Waals surface area (Å²) in [6.45, 7) is 4.88. The molecule has 16 heavy (non-hydrogen) atoms. The third-order valence-corrected chi connectivity index (χ3v) is 2.81. The normalized spacial score (nSPS) is 13.2. The van der Waals surface area contributed by atoms with Crippen molar-refractivity contribution in [2.75, 3.05) is 6.54 Å². The first kappa shape index (κ1) is 11.1. The highest BCUT2D eigenvalue weighted by atomic mass is 15.0. The van der Waals surface area contributed by atoms with Gasteiger partial charge in [-0.15, -0.1) is 0 Å². The molecule has 0 fully saturated rings. The Morgan fingerprint density at radius 2 is 2.19 bits per heavy atom. The maximum Gasteiger partial charge on any atom is 0.177 e. The second-order valence-electron chi connectivity index (χ2n) is 4.28. The number of fused-ring (bicyclic) bond motifs is 1. The maximum absolute atomic E-state index is 5.51. The zero-order valence-corrected chi connectivity index (χ0v) is 9.83. The molecular formula is C12H18N4. The molecule has 2 aromatic rings. The lowest BCUT2D eigenvalue weighted by Gasteiger charge is -2.05. The molecule has 0 amide bonds. The van der Waals surface area contributed by atoms with Crippen LogP contribution in [0.4, 0.5) is 0 Å². The molecule has 4 nitrogen and oxygen atoms in total.